The number of halogens is 3. The Morgan fingerprint density at radius 3 is 2.13 bits per heavy atom. The van der Waals surface area contributed by atoms with Gasteiger partial charge in [-0.25, -0.2) is 4.79 Å². The molecule has 15 heavy (non-hydrogen) atoms. The van der Waals surface area contributed by atoms with Crippen LogP contribution >= 0.6 is 0 Å². The Bertz CT molecular complexity index is 235. The van der Waals surface area contributed by atoms with Crippen molar-refractivity contribution >= 4 is 11.9 Å². The predicted octanol–water partition coefficient (Wildman–Crippen LogP) is 1.29. The average molecular weight is 228 g/mol. The predicted molar refractivity (Wildman–Crippen MR) is 42.8 cm³/mol. The van der Waals surface area contributed by atoms with Crippen LogP contribution in [-0.4, -0.2) is 31.3 Å². The van der Waals surface area contributed by atoms with Crippen LogP contribution in [-0.2, 0) is 19.1 Å². The van der Waals surface area contributed by atoms with Crippen molar-refractivity contribution in [2.45, 2.75) is 20.0 Å². The molecule has 0 spiro atoms. The fourth-order valence-electron chi connectivity index (χ4n) is 0.501. The number of hydrogen-bond donors (Lipinski definition) is 0. The molecule has 0 N–H and O–H groups in total. The molecule has 0 aliphatic heterocycles. The first-order valence-electron chi connectivity index (χ1n) is 4.11. The van der Waals surface area contributed by atoms with Gasteiger partial charge in [0.2, 0.25) is 0 Å². The zero-order valence-electron chi connectivity index (χ0n) is 8.26. The molecular formula is C8H11F3O4. The molecule has 88 valence electrons. The first kappa shape index (κ1) is 13.7. The van der Waals surface area contributed by atoms with E-state index in [0.29, 0.717) is 0 Å². The molecule has 0 saturated heterocycles. The van der Waals surface area contributed by atoms with Crippen LogP contribution in [0.1, 0.15) is 13.8 Å². The Balaban J connectivity index is 3.72. The van der Waals surface area contributed by atoms with E-state index in [1.807, 2.05) is 0 Å². The normalized spacial score (nSPS) is 11.3. The Morgan fingerprint density at radius 1 is 1.20 bits per heavy atom. The quantitative estimate of drug-likeness (QED) is 0.680. The highest BCUT2D eigenvalue weighted by Gasteiger charge is 2.29. The first-order valence-corrected chi connectivity index (χ1v) is 4.11. The summed E-state index contributed by atoms with van der Waals surface area (Å²) in [7, 11) is 0. The summed E-state index contributed by atoms with van der Waals surface area (Å²) in [5.41, 5.74) is 0. The van der Waals surface area contributed by atoms with E-state index < -0.39 is 37.2 Å². The zero-order valence-corrected chi connectivity index (χ0v) is 8.26. The molecule has 0 unspecified atom stereocenters. The SMILES string of the molecule is CC(C)C(=O)OCC(=O)OCC(F)(F)F. The standard InChI is InChI=1S/C8H11F3O4/c1-5(2)7(13)14-3-6(12)15-4-8(9,10)11/h5H,3-4H2,1-2H3. The first-order chi connectivity index (χ1) is 6.72. The molecule has 0 amide bonds. The highest BCUT2D eigenvalue weighted by molar-refractivity contribution is 5.77. The Kier molecular flexibility index (Phi) is 5.10. The maximum absolute atomic E-state index is 11.6. The van der Waals surface area contributed by atoms with Crippen molar-refractivity contribution in [3.8, 4) is 0 Å². The third-order valence-corrected chi connectivity index (χ3v) is 1.20. The van der Waals surface area contributed by atoms with Crippen molar-refractivity contribution in [2.75, 3.05) is 13.2 Å². The third-order valence-electron chi connectivity index (χ3n) is 1.20. The minimum absolute atomic E-state index is 0.444. The van der Waals surface area contributed by atoms with Crippen LogP contribution in [0.25, 0.3) is 0 Å². The molecular weight excluding hydrogens is 217 g/mol. The number of hydrogen-bond acceptors (Lipinski definition) is 4. The molecule has 0 rings (SSSR count). The fourth-order valence-corrected chi connectivity index (χ4v) is 0.501. The maximum atomic E-state index is 11.6. The lowest BCUT2D eigenvalue weighted by Crippen LogP contribution is -2.24. The number of ether oxygens (including phenoxy) is 2. The largest absolute Gasteiger partial charge is 0.454 e. The Morgan fingerprint density at radius 2 is 1.73 bits per heavy atom. The summed E-state index contributed by atoms with van der Waals surface area (Å²) in [6.07, 6.45) is -4.57. The highest BCUT2D eigenvalue weighted by atomic mass is 19.4. The van der Waals surface area contributed by atoms with Gasteiger partial charge in [0.05, 0.1) is 5.92 Å². The summed E-state index contributed by atoms with van der Waals surface area (Å²) in [6, 6.07) is 0. The van der Waals surface area contributed by atoms with Gasteiger partial charge in [-0.1, -0.05) is 13.8 Å². The molecule has 0 aromatic carbocycles. The van der Waals surface area contributed by atoms with Gasteiger partial charge in [0.15, 0.2) is 13.2 Å². The second-order valence-corrected chi connectivity index (χ2v) is 3.04. The number of carbonyl (C=O) groups excluding carboxylic acids is 2. The smallest absolute Gasteiger partial charge is 0.422 e. The van der Waals surface area contributed by atoms with E-state index in [0.717, 1.165) is 0 Å². The summed E-state index contributed by atoms with van der Waals surface area (Å²) in [5.74, 6) is -2.33. The van der Waals surface area contributed by atoms with E-state index >= 15 is 0 Å². The summed E-state index contributed by atoms with van der Waals surface area (Å²) >= 11 is 0. The van der Waals surface area contributed by atoms with E-state index in [-0.39, 0.29) is 0 Å². The molecule has 0 aromatic rings. The molecule has 7 heteroatoms. The third kappa shape index (κ3) is 7.77. The number of rotatable bonds is 4. The monoisotopic (exact) mass is 228 g/mol. The van der Waals surface area contributed by atoms with Crippen LogP contribution in [0.15, 0.2) is 0 Å². The van der Waals surface area contributed by atoms with Gasteiger partial charge in [-0.3, -0.25) is 4.79 Å². The number of alkyl halides is 3. The van der Waals surface area contributed by atoms with E-state index in [2.05, 4.69) is 9.47 Å². The second-order valence-electron chi connectivity index (χ2n) is 3.04. The maximum Gasteiger partial charge on any atom is 0.422 e. The molecule has 0 atom stereocenters. The minimum atomic E-state index is -4.57. The molecule has 0 aromatic heterocycles. The van der Waals surface area contributed by atoms with Gasteiger partial charge in [-0.2, -0.15) is 13.2 Å². The number of esters is 2. The molecule has 0 saturated carbocycles. The molecule has 0 heterocycles. The summed E-state index contributed by atoms with van der Waals surface area (Å²) in [4.78, 5) is 21.4. The number of carbonyl (C=O) groups is 2. The van der Waals surface area contributed by atoms with Crippen molar-refractivity contribution in [1.29, 1.82) is 0 Å². The lowest BCUT2D eigenvalue weighted by atomic mass is 10.2. The Hall–Kier alpha value is -1.27. The van der Waals surface area contributed by atoms with Crippen LogP contribution < -0.4 is 0 Å². The van der Waals surface area contributed by atoms with Crippen LogP contribution in [0.2, 0.25) is 0 Å². The van der Waals surface area contributed by atoms with Gasteiger partial charge in [0, 0.05) is 0 Å². The zero-order chi connectivity index (χ0) is 12.1. The van der Waals surface area contributed by atoms with Crippen LogP contribution in [0.4, 0.5) is 13.2 Å². The van der Waals surface area contributed by atoms with Gasteiger partial charge in [-0.05, 0) is 0 Å². The molecule has 0 bridgehead atoms. The summed E-state index contributed by atoms with van der Waals surface area (Å²) in [5, 5.41) is 0. The van der Waals surface area contributed by atoms with Gasteiger partial charge < -0.3 is 9.47 Å². The Labute approximate surface area is 84.3 Å². The average Bonchev–Trinajstić information content (AvgIpc) is 2.09. The summed E-state index contributed by atoms with van der Waals surface area (Å²) in [6.45, 7) is 0.588. The van der Waals surface area contributed by atoms with Crippen LogP contribution in [0.3, 0.4) is 0 Å². The van der Waals surface area contributed by atoms with Crippen molar-refractivity contribution in [2.24, 2.45) is 5.92 Å². The van der Waals surface area contributed by atoms with Crippen molar-refractivity contribution in [3.05, 3.63) is 0 Å². The van der Waals surface area contributed by atoms with Crippen molar-refractivity contribution in [3.63, 3.8) is 0 Å². The topological polar surface area (TPSA) is 52.6 Å². The van der Waals surface area contributed by atoms with E-state index in [9.17, 15) is 22.8 Å². The lowest BCUT2D eigenvalue weighted by Gasteiger charge is -2.09. The minimum Gasteiger partial charge on any atom is -0.454 e. The van der Waals surface area contributed by atoms with Gasteiger partial charge in [0.1, 0.15) is 0 Å². The van der Waals surface area contributed by atoms with Gasteiger partial charge in [0.25, 0.3) is 0 Å². The molecule has 0 radical (unpaired) electrons. The molecule has 0 aliphatic carbocycles. The molecule has 0 fully saturated rings. The molecule has 4 nitrogen and oxygen atoms in total. The fraction of sp³-hybridized carbons (Fsp3) is 0.750. The van der Waals surface area contributed by atoms with E-state index in [4.69, 9.17) is 0 Å². The lowest BCUT2D eigenvalue weighted by molar-refractivity contribution is -0.190. The van der Waals surface area contributed by atoms with E-state index in [1.165, 1.54) is 13.8 Å². The van der Waals surface area contributed by atoms with Gasteiger partial charge >= 0.3 is 18.1 Å². The molecule has 0 aliphatic rings. The van der Waals surface area contributed by atoms with Crippen molar-refractivity contribution < 1.29 is 32.2 Å². The van der Waals surface area contributed by atoms with E-state index in [1.54, 1.807) is 0 Å². The van der Waals surface area contributed by atoms with Crippen molar-refractivity contribution in [1.82, 2.24) is 0 Å². The van der Waals surface area contributed by atoms with Crippen LogP contribution in [0, 0.1) is 5.92 Å². The second kappa shape index (κ2) is 5.57. The van der Waals surface area contributed by atoms with Gasteiger partial charge in [-0.15, -0.1) is 0 Å². The summed E-state index contributed by atoms with van der Waals surface area (Å²) < 4.78 is 42.8. The van der Waals surface area contributed by atoms with Crippen LogP contribution in [0.5, 0.6) is 0 Å². The highest BCUT2D eigenvalue weighted by Crippen LogP contribution is 2.14.